The molecule has 1 aliphatic carbocycles. The van der Waals surface area contributed by atoms with Gasteiger partial charge in [0, 0.05) is 31.4 Å². The fourth-order valence-electron chi connectivity index (χ4n) is 3.07. The number of amides is 1. The summed E-state index contributed by atoms with van der Waals surface area (Å²) in [6.45, 7) is 2.28. The second-order valence-electron chi connectivity index (χ2n) is 5.98. The number of nitrogens with one attached hydrogen (secondary N) is 1. The second-order valence-corrected chi connectivity index (χ2v) is 5.98. The molecule has 2 unspecified atom stereocenters. The van der Waals surface area contributed by atoms with Crippen molar-refractivity contribution in [3.63, 3.8) is 0 Å². The zero-order valence-electron chi connectivity index (χ0n) is 12.9. The number of anilines is 1. The molecule has 1 fully saturated rings. The third-order valence-corrected chi connectivity index (χ3v) is 4.32. The van der Waals surface area contributed by atoms with Crippen LogP contribution in [-0.2, 0) is 0 Å². The van der Waals surface area contributed by atoms with Crippen molar-refractivity contribution in [1.29, 1.82) is 0 Å². The van der Waals surface area contributed by atoms with Crippen LogP contribution in [0.15, 0.2) is 24.3 Å². The molecule has 1 amide bonds. The fourth-order valence-corrected chi connectivity index (χ4v) is 3.07. The van der Waals surface area contributed by atoms with Crippen molar-refractivity contribution < 1.29 is 4.79 Å². The molecule has 1 aliphatic rings. The lowest BCUT2D eigenvalue weighted by Crippen LogP contribution is -2.31. The van der Waals surface area contributed by atoms with E-state index in [9.17, 15) is 4.79 Å². The zero-order chi connectivity index (χ0) is 14.5. The molecule has 0 bridgehead atoms. The highest BCUT2D eigenvalue weighted by Crippen LogP contribution is 2.29. The lowest BCUT2D eigenvalue weighted by Gasteiger charge is -2.32. The molecule has 20 heavy (non-hydrogen) atoms. The predicted octanol–water partition coefficient (Wildman–Crippen LogP) is 3.77. The van der Waals surface area contributed by atoms with Crippen molar-refractivity contribution in [1.82, 2.24) is 4.90 Å². The van der Waals surface area contributed by atoms with Crippen LogP contribution in [0.3, 0.4) is 0 Å². The first-order chi connectivity index (χ1) is 9.61. The highest BCUT2D eigenvalue weighted by molar-refractivity contribution is 5.94. The Hall–Kier alpha value is -1.51. The maximum atomic E-state index is 11.8. The van der Waals surface area contributed by atoms with E-state index in [1.54, 1.807) is 19.0 Å². The van der Waals surface area contributed by atoms with E-state index in [0.29, 0.717) is 6.04 Å². The monoisotopic (exact) mass is 274 g/mol. The van der Waals surface area contributed by atoms with Crippen LogP contribution in [-0.4, -0.2) is 30.9 Å². The summed E-state index contributed by atoms with van der Waals surface area (Å²) < 4.78 is 0. The van der Waals surface area contributed by atoms with Crippen molar-refractivity contribution in [2.24, 2.45) is 5.92 Å². The number of nitrogens with zero attached hydrogens (tertiary/aromatic N) is 1. The SMILES string of the molecule is CCC1CCCCC1Nc1ccc(C(=O)N(C)C)cc1. The van der Waals surface area contributed by atoms with Crippen LogP contribution in [0.2, 0.25) is 0 Å². The van der Waals surface area contributed by atoms with E-state index in [1.165, 1.54) is 32.1 Å². The summed E-state index contributed by atoms with van der Waals surface area (Å²) in [4.78, 5) is 13.5. The van der Waals surface area contributed by atoms with E-state index in [0.717, 1.165) is 17.2 Å². The minimum atomic E-state index is 0.0562. The molecular formula is C17H26N2O. The van der Waals surface area contributed by atoms with E-state index in [1.807, 2.05) is 24.3 Å². The molecule has 0 spiro atoms. The van der Waals surface area contributed by atoms with Gasteiger partial charge in [-0.15, -0.1) is 0 Å². The molecule has 0 heterocycles. The average molecular weight is 274 g/mol. The highest BCUT2D eigenvalue weighted by Gasteiger charge is 2.23. The Morgan fingerprint density at radius 3 is 2.45 bits per heavy atom. The van der Waals surface area contributed by atoms with Crippen molar-refractivity contribution >= 4 is 11.6 Å². The topological polar surface area (TPSA) is 32.3 Å². The summed E-state index contributed by atoms with van der Waals surface area (Å²) in [5.74, 6) is 0.840. The van der Waals surface area contributed by atoms with E-state index in [-0.39, 0.29) is 5.91 Å². The molecule has 2 rings (SSSR count). The zero-order valence-corrected chi connectivity index (χ0v) is 12.9. The Morgan fingerprint density at radius 1 is 1.20 bits per heavy atom. The standard InChI is InChI=1S/C17H26N2O/c1-4-13-7-5-6-8-16(13)18-15-11-9-14(10-12-15)17(20)19(2)3/h9-13,16,18H,4-8H2,1-3H3. The van der Waals surface area contributed by atoms with Crippen LogP contribution >= 0.6 is 0 Å². The third-order valence-electron chi connectivity index (χ3n) is 4.32. The van der Waals surface area contributed by atoms with E-state index in [4.69, 9.17) is 0 Å². The van der Waals surface area contributed by atoms with Gasteiger partial charge in [-0.1, -0.05) is 26.2 Å². The van der Waals surface area contributed by atoms with Crippen LogP contribution < -0.4 is 5.32 Å². The number of carbonyl (C=O) groups excluding carboxylic acids is 1. The van der Waals surface area contributed by atoms with Gasteiger partial charge in [-0.25, -0.2) is 0 Å². The van der Waals surface area contributed by atoms with Gasteiger partial charge >= 0.3 is 0 Å². The molecular weight excluding hydrogens is 248 g/mol. The van der Waals surface area contributed by atoms with Crippen LogP contribution in [0.5, 0.6) is 0 Å². The normalized spacial score (nSPS) is 22.4. The first-order valence-electron chi connectivity index (χ1n) is 7.70. The van der Waals surface area contributed by atoms with Crippen LogP contribution in [0, 0.1) is 5.92 Å². The molecule has 110 valence electrons. The molecule has 3 heteroatoms. The van der Waals surface area contributed by atoms with Gasteiger partial charge in [-0.2, -0.15) is 0 Å². The van der Waals surface area contributed by atoms with Crippen LogP contribution in [0.4, 0.5) is 5.69 Å². The molecule has 0 aliphatic heterocycles. The second kappa shape index (κ2) is 6.78. The highest BCUT2D eigenvalue weighted by atomic mass is 16.2. The maximum absolute atomic E-state index is 11.8. The summed E-state index contributed by atoms with van der Waals surface area (Å²) >= 11 is 0. The van der Waals surface area contributed by atoms with Gasteiger partial charge in [0.1, 0.15) is 0 Å². The Kier molecular flexibility index (Phi) is 5.05. The number of carbonyl (C=O) groups is 1. The van der Waals surface area contributed by atoms with Gasteiger partial charge in [0.2, 0.25) is 0 Å². The Morgan fingerprint density at radius 2 is 1.85 bits per heavy atom. The van der Waals surface area contributed by atoms with Gasteiger partial charge in [-0.05, 0) is 43.0 Å². The average Bonchev–Trinajstić information content (AvgIpc) is 2.48. The molecule has 1 aromatic carbocycles. The lowest BCUT2D eigenvalue weighted by atomic mass is 9.83. The van der Waals surface area contributed by atoms with Crippen molar-refractivity contribution in [2.45, 2.75) is 45.1 Å². The van der Waals surface area contributed by atoms with Gasteiger partial charge < -0.3 is 10.2 Å². The number of benzene rings is 1. The van der Waals surface area contributed by atoms with Gasteiger partial charge in [0.25, 0.3) is 5.91 Å². The fraction of sp³-hybridized carbons (Fsp3) is 0.588. The third kappa shape index (κ3) is 3.53. The molecule has 0 saturated heterocycles. The molecule has 3 nitrogen and oxygen atoms in total. The molecule has 2 atom stereocenters. The largest absolute Gasteiger partial charge is 0.382 e. The van der Waals surface area contributed by atoms with Crippen molar-refractivity contribution in [3.8, 4) is 0 Å². The Balaban J connectivity index is 2.01. The first-order valence-corrected chi connectivity index (χ1v) is 7.70. The summed E-state index contributed by atoms with van der Waals surface area (Å²) in [7, 11) is 3.56. The molecule has 1 N–H and O–H groups in total. The molecule has 1 aromatic rings. The van der Waals surface area contributed by atoms with Crippen LogP contribution in [0.1, 0.15) is 49.4 Å². The Bertz CT molecular complexity index is 439. The summed E-state index contributed by atoms with van der Waals surface area (Å²) in [5.41, 5.74) is 1.88. The minimum absolute atomic E-state index is 0.0562. The number of hydrogen-bond acceptors (Lipinski definition) is 2. The van der Waals surface area contributed by atoms with Crippen molar-refractivity contribution in [2.75, 3.05) is 19.4 Å². The van der Waals surface area contributed by atoms with Gasteiger partial charge in [-0.3, -0.25) is 4.79 Å². The van der Waals surface area contributed by atoms with Gasteiger partial charge in [0.05, 0.1) is 0 Å². The van der Waals surface area contributed by atoms with E-state index in [2.05, 4.69) is 12.2 Å². The first kappa shape index (κ1) is 14.9. The lowest BCUT2D eigenvalue weighted by molar-refractivity contribution is 0.0827. The maximum Gasteiger partial charge on any atom is 0.253 e. The van der Waals surface area contributed by atoms with E-state index < -0.39 is 0 Å². The summed E-state index contributed by atoms with van der Waals surface area (Å²) in [5, 5.41) is 3.65. The van der Waals surface area contributed by atoms with E-state index >= 15 is 0 Å². The van der Waals surface area contributed by atoms with Crippen molar-refractivity contribution in [3.05, 3.63) is 29.8 Å². The molecule has 0 aromatic heterocycles. The molecule has 1 saturated carbocycles. The molecule has 0 radical (unpaired) electrons. The summed E-state index contributed by atoms with van der Waals surface area (Å²) in [6.07, 6.45) is 6.54. The quantitative estimate of drug-likeness (QED) is 0.906. The summed E-state index contributed by atoms with van der Waals surface area (Å²) in [6, 6.07) is 8.46. The smallest absolute Gasteiger partial charge is 0.253 e. The minimum Gasteiger partial charge on any atom is -0.382 e. The number of hydrogen-bond donors (Lipinski definition) is 1. The van der Waals surface area contributed by atoms with Crippen LogP contribution in [0.25, 0.3) is 0 Å². The predicted molar refractivity (Wildman–Crippen MR) is 84.1 cm³/mol. The Labute approximate surface area is 122 Å². The van der Waals surface area contributed by atoms with Gasteiger partial charge in [0.15, 0.2) is 0 Å². The number of rotatable bonds is 4.